The second kappa shape index (κ2) is 8.99. The first-order chi connectivity index (χ1) is 12.7. The molecule has 5 nitrogen and oxygen atoms in total. The summed E-state index contributed by atoms with van der Waals surface area (Å²) in [5.41, 5.74) is 2.89. The summed E-state index contributed by atoms with van der Waals surface area (Å²) in [4.78, 5) is 15.1. The van der Waals surface area contributed by atoms with Gasteiger partial charge in [0.05, 0.1) is 24.0 Å². The van der Waals surface area contributed by atoms with Gasteiger partial charge in [0.1, 0.15) is 0 Å². The predicted molar refractivity (Wildman–Crippen MR) is 104 cm³/mol. The van der Waals surface area contributed by atoms with Crippen LogP contribution in [0.3, 0.4) is 0 Å². The summed E-state index contributed by atoms with van der Waals surface area (Å²) in [7, 11) is 0. The highest BCUT2D eigenvalue weighted by molar-refractivity contribution is 5.95. The summed E-state index contributed by atoms with van der Waals surface area (Å²) in [5.74, 6) is -0.00850. The number of carbonyl (C=O) groups is 1. The second-order valence-corrected chi connectivity index (χ2v) is 7.14. The molecule has 0 saturated carbocycles. The van der Waals surface area contributed by atoms with E-state index in [1.807, 2.05) is 22.9 Å². The fourth-order valence-electron chi connectivity index (χ4n) is 3.76. The molecular weight excluding hydrogens is 324 g/mol. The molecule has 1 unspecified atom stereocenters. The van der Waals surface area contributed by atoms with Crippen LogP contribution in [0.25, 0.3) is 0 Å². The Morgan fingerprint density at radius 2 is 2.08 bits per heavy atom. The maximum absolute atomic E-state index is 12.6. The molecule has 1 aliphatic rings. The van der Waals surface area contributed by atoms with Gasteiger partial charge >= 0.3 is 0 Å². The van der Waals surface area contributed by atoms with E-state index in [9.17, 15) is 4.79 Å². The van der Waals surface area contributed by atoms with E-state index in [0.29, 0.717) is 24.7 Å². The Bertz CT molecular complexity index is 710. The number of amides is 1. The average Bonchev–Trinajstić information content (AvgIpc) is 3.06. The minimum Gasteiger partial charge on any atom is -0.351 e. The molecule has 1 amide bonds. The van der Waals surface area contributed by atoms with Crippen molar-refractivity contribution in [3.05, 3.63) is 53.3 Å². The summed E-state index contributed by atoms with van der Waals surface area (Å²) in [6.45, 7) is 7.81. The first-order valence-corrected chi connectivity index (χ1v) is 9.80. The molecule has 1 atom stereocenters. The lowest BCUT2D eigenvalue weighted by Crippen LogP contribution is -2.42. The number of nitrogens with zero attached hydrogens (tertiary/aromatic N) is 3. The molecule has 2 heterocycles. The third-order valence-corrected chi connectivity index (χ3v) is 5.33. The first-order valence-electron chi connectivity index (χ1n) is 9.80. The summed E-state index contributed by atoms with van der Waals surface area (Å²) in [5, 5.41) is 7.54. The Morgan fingerprint density at radius 1 is 1.27 bits per heavy atom. The molecule has 1 saturated heterocycles. The van der Waals surface area contributed by atoms with E-state index in [4.69, 9.17) is 0 Å². The molecule has 2 aromatic rings. The lowest BCUT2D eigenvalue weighted by Gasteiger charge is -2.33. The van der Waals surface area contributed by atoms with Gasteiger partial charge in [-0.3, -0.25) is 14.4 Å². The van der Waals surface area contributed by atoms with Gasteiger partial charge in [0.2, 0.25) is 0 Å². The van der Waals surface area contributed by atoms with Gasteiger partial charge in [-0.15, -0.1) is 0 Å². The summed E-state index contributed by atoms with van der Waals surface area (Å²) in [6.07, 6.45) is 6.36. The monoisotopic (exact) mass is 354 g/mol. The van der Waals surface area contributed by atoms with Crippen molar-refractivity contribution in [3.63, 3.8) is 0 Å². The number of carbonyl (C=O) groups excluding carboxylic acids is 1. The van der Waals surface area contributed by atoms with Gasteiger partial charge in [0, 0.05) is 19.1 Å². The van der Waals surface area contributed by atoms with Crippen LogP contribution in [0.2, 0.25) is 0 Å². The largest absolute Gasteiger partial charge is 0.351 e. The molecule has 140 valence electrons. The Labute approximate surface area is 156 Å². The Morgan fingerprint density at radius 3 is 2.81 bits per heavy atom. The van der Waals surface area contributed by atoms with Gasteiger partial charge in [0.25, 0.3) is 5.91 Å². The fourth-order valence-corrected chi connectivity index (χ4v) is 3.76. The molecule has 1 N–H and O–H groups in total. The SMILES string of the molecule is CCc1c(C(=O)NCCN2CCCCC2C)cnn1Cc1ccccc1. The lowest BCUT2D eigenvalue weighted by atomic mass is 10.0. The summed E-state index contributed by atoms with van der Waals surface area (Å²) >= 11 is 0. The molecule has 0 spiro atoms. The molecular formula is C21H30N4O. The summed E-state index contributed by atoms with van der Waals surface area (Å²) < 4.78 is 1.94. The normalized spacial score (nSPS) is 18.0. The van der Waals surface area contributed by atoms with Crippen LogP contribution in [0.1, 0.15) is 54.7 Å². The third kappa shape index (κ3) is 4.52. The van der Waals surface area contributed by atoms with E-state index in [1.165, 1.54) is 24.8 Å². The van der Waals surface area contributed by atoms with Crippen molar-refractivity contribution in [2.45, 2.75) is 52.1 Å². The van der Waals surface area contributed by atoms with Crippen molar-refractivity contribution in [2.24, 2.45) is 0 Å². The number of rotatable bonds is 7. The van der Waals surface area contributed by atoms with Crippen LogP contribution in [0.4, 0.5) is 0 Å². The fraction of sp³-hybridized carbons (Fsp3) is 0.524. The number of likely N-dealkylation sites (tertiary alicyclic amines) is 1. The molecule has 1 aromatic carbocycles. The molecule has 1 fully saturated rings. The number of benzene rings is 1. The predicted octanol–water partition coefficient (Wildman–Crippen LogP) is 3.10. The number of hydrogen-bond donors (Lipinski definition) is 1. The topological polar surface area (TPSA) is 50.2 Å². The Kier molecular flexibility index (Phi) is 6.45. The summed E-state index contributed by atoms with van der Waals surface area (Å²) in [6, 6.07) is 10.9. The Hall–Kier alpha value is -2.14. The van der Waals surface area contributed by atoms with E-state index in [1.54, 1.807) is 6.20 Å². The molecule has 3 rings (SSSR count). The van der Waals surface area contributed by atoms with Gasteiger partial charge in [-0.1, -0.05) is 43.7 Å². The lowest BCUT2D eigenvalue weighted by molar-refractivity contribution is 0.0937. The van der Waals surface area contributed by atoms with Crippen LogP contribution >= 0.6 is 0 Å². The van der Waals surface area contributed by atoms with Crippen LogP contribution < -0.4 is 5.32 Å². The highest BCUT2D eigenvalue weighted by atomic mass is 16.1. The van der Waals surface area contributed by atoms with Crippen molar-refractivity contribution >= 4 is 5.91 Å². The molecule has 0 bridgehead atoms. The van der Waals surface area contributed by atoms with E-state index >= 15 is 0 Å². The van der Waals surface area contributed by atoms with E-state index in [0.717, 1.165) is 25.2 Å². The average molecular weight is 354 g/mol. The molecule has 5 heteroatoms. The maximum atomic E-state index is 12.6. The van der Waals surface area contributed by atoms with E-state index < -0.39 is 0 Å². The van der Waals surface area contributed by atoms with Crippen LogP contribution in [-0.2, 0) is 13.0 Å². The highest BCUT2D eigenvalue weighted by Crippen LogP contribution is 2.16. The number of nitrogens with one attached hydrogen (secondary N) is 1. The zero-order valence-corrected chi connectivity index (χ0v) is 15.9. The highest BCUT2D eigenvalue weighted by Gasteiger charge is 2.19. The van der Waals surface area contributed by atoms with Crippen LogP contribution in [0, 0.1) is 0 Å². The molecule has 1 aliphatic heterocycles. The zero-order valence-electron chi connectivity index (χ0n) is 15.9. The van der Waals surface area contributed by atoms with E-state index in [-0.39, 0.29) is 5.91 Å². The number of piperidine rings is 1. The molecule has 1 aromatic heterocycles. The maximum Gasteiger partial charge on any atom is 0.254 e. The van der Waals surface area contributed by atoms with Crippen molar-refractivity contribution in [3.8, 4) is 0 Å². The smallest absolute Gasteiger partial charge is 0.254 e. The van der Waals surface area contributed by atoms with Crippen LogP contribution in [0.15, 0.2) is 36.5 Å². The van der Waals surface area contributed by atoms with Crippen LogP contribution in [-0.4, -0.2) is 46.3 Å². The molecule has 0 aliphatic carbocycles. The molecule has 0 radical (unpaired) electrons. The van der Waals surface area contributed by atoms with E-state index in [2.05, 4.69) is 41.3 Å². The minimum atomic E-state index is -0.00850. The number of hydrogen-bond acceptors (Lipinski definition) is 3. The van der Waals surface area contributed by atoms with Gasteiger partial charge in [-0.25, -0.2) is 0 Å². The Balaban J connectivity index is 1.58. The standard InChI is InChI=1S/C21H30N4O/c1-3-20-19(15-23-25(20)16-18-10-5-4-6-11-18)21(26)22-12-14-24-13-8-7-9-17(24)2/h4-6,10-11,15,17H,3,7-9,12-14,16H2,1-2H3,(H,22,26). The quantitative estimate of drug-likeness (QED) is 0.831. The van der Waals surface area contributed by atoms with Gasteiger partial charge in [-0.2, -0.15) is 5.10 Å². The first kappa shape index (κ1) is 18.6. The number of aromatic nitrogens is 2. The van der Waals surface area contributed by atoms with Crippen molar-refractivity contribution in [1.29, 1.82) is 0 Å². The van der Waals surface area contributed by atoms with Crippen molar-refractivity contribution in [1.82, 2.24) is 20.0 Å². The molecule has 26 heavy (non-hydrogen) atoms. The van der Waals surface area contributed by atoms with Gasteiger partial charge in [-0.05, 0) is 38.3 Å². The van der Waals surface area contributed by atoms with Gasteiger partial charge < -0.3 is 5.32 Å². The van der Waals surface area contributed by atoms with Gasteiger partial charge in [0.15, 0.2) is 0 Å². The van der Waals surface area contributed by atoms with Crippen molar-refractivity contribution in [2.75, 3.05) is 19.6 Å². The van der Waals surface area contributed by atoms with Crippen molar-refractivity contribution < 1.29 is 4.79 Å². The second-order valence-electron chi connectivity index (χ2n) is 7.14. The minimum absolute atomic E-state index is 0.00850. The third-order valence-electron chi connectivity index (χ3n) is 5.33. The van der Waals surface area contributed by atoms with Crippen LogP contribution in [0.5, 0.6) is 0 Å². The zero-order chi connectivity index (χ0) is 18.4.